The van der Waals surface area contributed by atoms with Gasteiger partial charge in [-0.05, 0) is 38.0 Å². The number of carbonyl (C=O) groups is 2. The Bertz CT molecular complexity index is 641. The number of carbonyl (C=O) groups excluding carboxylic acids is 2. The third kappa shape index (κ3) is 3.14. The lowest BCUT2D eigenvalue weighted by molar-refractivity contribution is -0.110. The molecule has 1 aliphatic heterocycles. The van der Waals surface area contributed by atoms with Crippen LogP contribution in [-0.4, -0.2) is 44.2 Å². The van der Waals surface area contributed by atoms with Crippen molar-refractivity contribution in [3.05, 3.63) is 29.8 Å². The van der Waals surface area contributed by atoms with Crippen LogP contribution in [0, 0.1) is 0 Å². The van der Waals surface area contributed by atoms with Crippen LogP contribution in [0.3, 0.4) is 0 Å². The lowest BCUT2D eigenvalue weighted by Crippen LogP contribution is -2.36. The first kappa shape index (κ1) is 15.7. The Balaban J connectivity index is 2.34. The van der Waals surface area contributed by atoms with E-state index in [0.717, 1.165) is 0 Å². The molecular formula is C14H17NO5S. The molecule has 1 aromatic rings. The summed E-state index contributed by atoms with van der Waals surface area (Å²) < 4.78 is 31.1. The van der Waals surface area contributed by atoms with Gasteiger partial charge in [0.05, 0.1) is 23.1 Å². The third-order valence-electron chi connectivity index (χ3n) is 3.36. The monoisotopic (exact) mass is 311 g/mol. The topological polar surface area (TPSA) is 80.8 Å². The van der Waals surface area contributed by atoms with Crippen molar-refractivity contribution in [2.45, 2.75) is 30.7 Å². The number of rotatable bonds is 5. The number of hydrogen-bond donors (Lipinski definition) is 0. The fourth-order valence-electron chi connectivity index (χ4n) is 2.33. The van der Waals surface area contributed by atoms with E-state index >= 15 is 0 Å². The van der Waals surface area contributed by atoms with Crippen LogP contribution < -0.4 is 0 Å². The molecule has 0 bridgehead atoms. The van der Waals surface area contributed by atoms with Crippen LogP contribution in [0.4, 0.5) is 0 Å². The van der Waals surface area contributed by atoms with Gasteiger partial charge in [-0.15, -0.1) is 0 Å². The molecule has 0 radical (unpaired) electrons. The van der Waals surface area contributed by atoms with Crippen molar-refractivity contribution >= 4 is 22.3 Å². The van der Waals surface area contributed by atoms with Crippen LogP contribution in [0.2, 0.25) is 0 Å². The van der Waals surface area contributed by atoms with Gasteiger partial charge in [-0.1, -0.05) is 6.07 Å². The summed E-state index contributed by atoms with van der Waals surface area (Å²) in [6.07, 6.45) is 1.83. The molecule has 1 atom stereocenters. The summed E-state index contributed by atoms with van der Waals surface area (Å²) in [7, 11) is -3.78. The Morgan fingerprint density at radius 1 is 1.48 bits per heavy atom. The number of aldehydes is 1. The van der Waals surface area contributed by atoms with Crippen molar-refractivity contribution in [2.75, 3.05) is 13.2 Å². The van der Waals surface area contributed by atoms with Gasteiger partial charge in [0.25, 0.3) is 0 Å². The van der Waals surface area contributed by atoms with Crippen molar-refractivity contribution in [1.82, 2.24) is 4.31 Å². The number of esters is 1. The zero-order valence-electron chi connectivity index (χ0n) is 11.7. The maximum atomic E-state index is 12.6. The number of ether oxygens (including phenoxy) is 1. The van der Waals surface area contributed by atoms with E-state index in [2.05, 4.69) is 0 Å². The fraction of sp³-hybridized carbons (Fsp3) is 0.429. The van der Waals surface area contributed by atoms with Crippen LogP contribution in [0.15, 0.2) is 29.2 Å². The summed E-state index contributed by atoms with van der Waals surface area (Å²) in [4.78, 5) is 22.7. The maximum Gasteiger partial charge on any atom is 0.338 e. The molecule has 1 aliphatic rings. The molecule has 6 nitrogen and oxygen atoms in total. The molecule has 1 saturated heterocycles. The highest BCUT2D eigenvalue weighted by Gasteiger charge is 2.35. The van der Waals surface area contributed by atoms with E-state index in [1.807, 2.05) is 0 Å². The van der Waals surface area contributed by atoms with Crippen LogP contribution >= 0.6 is 0 Å². The van der Waals surface area contributed by atoms with Crippen LogP contribution in [0.1, 0.15) is 30.1 Å². The van der Waals surface area contributed by atoms with E-state index in [1.165, 1.54) is 28.6 Å². The molecule has 0 saturated carbocycles. The first-order valence-corrected chi connectivity index (χ1v) is 8.19. The SMILES string of the molecule is CCOC(=O)c1cccc(S(=O)(=O)N2CCC[C@H]2C=O)c1. The lowest BCUT2D eigenvalue weighted by Gasteiger charge is -2.20. The van der Waals surface area contributed by atoms with Gasteiger partial charge in [0.2, 0.25) is 10.0 Å². The van der Waals surface area contributed by atoms with E-state index < -0.39 is 22.0 Å². The normalized spacial score (nSPS) is 19.4. The first-order valence-electron chi connectivity index (χ1n) is 6.75. The standard InChI is InChI=1S/C14H17NO5S/c1-2-20-14(17)11-5-3-7-13(9-11)21(18,19)15-8-4-6-12(15)10-16/h3,5,7,9-10,12H,2,4,6,8H2,1H3/t12-/m0/s1. The zero-order chi connectivity index (χ0) is 15.5. The molecule has 1 fully saturated rings. The molecule has 0 N–H and O–H groups in total. The minimum atomic E-state index is -3.78. The Labute approximate surface area is 123 Å². The maximum absolute atomic E-state index is 12.6. The van der Waals surface area contributed by atoms with Crippen LogP contribution in [0.25, 0.3) is 0 Å². The van der Waals surface area contributed by atoms with Gasteiger partial charge in [0.1, 0.15) is 6.29 Å². The van der Waals surface area contributed by atoms with Gasteiger partial charge in [0, 0.05) is 6.54 Å². The summed E-state index contributed by atoms with van der Waals surface area (Å²) in [5.74, 6) is -0.567. The largest absolute Gasteiger partial charge is 0.462 e. The smallest absolute Gasteiger partial charge is 0.338 e. The van der Waals surface area contributed by atoms with Crippen molar-refractivity contribution in [3.63, 3.8) is 0 Å². The van der Waals surface area contributed by atoms with Crippen molar-refractivity contribution in [2.24, 2.45) is 0 Å². The summed E-state index contributed by atoms with van der Waals surface area (Å²) in [6, 6.07) is 5.07. The van der Waals surface area contributed by atoms with E-state index in [0.29, 0.717) is 25.7 Å². The van der Waals surface area contributed by atoms with E-state index in [9.17, 15) is 18.0 Å². The number of nitrogens with zero attached hydrogens (tertiary/aromatic N) is 1. The highest BCUT2D eigenvalue weighted by molar-refractivity contribution is 7.89. The van der Waals surface area contributed by atoms with Gasteiger partial charge < -0.3 is 9.53 Å². The Morgan fingerprint density at radius 2 is 2.24 bits per heavy atom. The van der Waals surface area contributed by atoms with Crippen LogP contribution in [-0.2, 0) is 19.6 Å². The molecule has 2 rings (SSSR count). The molecule has 0 amide bonds. The number of benzene rings is 1. The van der Waals surface area contributed by atoms with E-state index in [-0.39, 0.29) is 17.1 Å². The predicted octanol–water partition coefficient (Wildman–Crippen LogP) is 1.22. The molecule has 7 heteroatoms. The Hall–Kier alpha value is -1.73. The average molecular weight is 311 g/mol. The highest BCUT2D eigenvalue weighted by atomic mass is 32.2. The van der Waals surface area contributed by atoms with E-state index in [1.54, 1.807) is 6.92 Å². The summed E-state index contributed by atoms with van der Waals surface area (Å²) in [6.45, 7) is 2.21. The molecule has 1 heterocycles. The Kier molecular flexibility index (Phi) is 4.74. The second-order valence-electron chi connectivity index (χ2n) is 4.71. The van der Waals surface area contributed by atoms with Crippen LogP contribution in [0.5, 0.6) is 0 Å². The van der Waals surface area contributed by atoms with E-state index in [4.69, 9.17) is 4.74 Å². The molecule has 1 aromatic carbocycles. The second-order valence-corrected chi connectivity index (χ2v) is 6.60. The summed E-state index contributed by atoms with van der Waals surface area (Å²) >= 11 is 0. The molecule has 0 unspecified atom stereocenters. The van der Waals surface area contributed by atoms with Crippen molar-refractivity contribution in [1.29, 1.82) is 0 Å². The molecule has 0 spiro atoms. The quantitative estimate of drug-likeness (QED) is 0.603. The molecular weight excluding hydrogens is 294 g/mol. The fourth-order valence-corrected chi connectivity index (χ4v) is 4.01. The Morgan fingerprint density at radius 3 is 2.90 bits per heavy atom. The lowest BCUT2D eigenvalue weighted by atomic mass is 10.2. The average Bonchev–Trinajstić information content (AvgIpc) is 2.97. The highest BCUT2D eigenvalue weighted by Crippen LogP contribution is 2.25. The van der Waals surface area contributed by atoms with Gasteiger partial charge in [0.15, 0.2) is 0 Å². The van der Waals surface area contributed by atoms with Gasteiger partial charge in [-0.2, -0.15) is 4.31 Å². The van der Waals surface area contributed by atoms with Crippen molar-refractivity contribution in [3.8, 4) is 0 Å². The minimum absolute atomic E-state index is 0.00167. The molecule has 21 heavy (non-hydrogen) atoms. The zero-order valence-corrected chi connectivity index (χ0v) is 12.5. The molecule has 0 aliphatic carbocycles. The second kappa shape index (κ2) is 6.36. The minimum Gasteiger partial charge on any atom is -0.462 e. The van der Waals surface area contributed by atoms with Gasteiger partial charge in [-0.25, -0.2) is 13.2 Å². The summed E-state index contributed by atoms with van der Waals surface area (Å²) in [5.41, 5.74) is 0.180. The molecule has 0 aromatic heterocycles. The third-order valence-corrected chi connectivity index (χ3v) is 5.28. The molecule has 114 valence electrons. The first-order chi connectivity index (χ1) is 10.0. The van der Waals surface area contributed by atoms with Gasteiger partial charge >= 0.3 is 5.97 Å². The number of sulfonamides is 1. The van der Waals surface area contributed by atoms with Gasteiger partial charge in [-0.3, -0.25) is 0 Å². The number of hydrogen-bond acceptors (Lipinski definition) is 5. The summed E-state index contributed by atoms with van der Waals surface area (Å²) in [5, 5.41) is 0. The predicted molar refractivity (Wildman–Crippen MR) is 75.4 cm³/mol. The van der Waals surface area contributed by atoms with Crippen molar-refractivity contribution < 1.29 is 22.7 Å².